The minimum atomic E-state index is -4.41. The predicted octanol–water partition coefficient (Wildman–Crippen LogP) is 3.24. The molecular formula is C25H27F3N4O4. The van der Waals surface area contributed by atoms with Gasteiger partial charge in [0.15, 0.2) is 5.92 Å². The van der Waals surface area contributed by atoms with Crippen LogP contribution in [0.15, 0.2) is 53.5 Å². The van der Waals surface area contributed by atoms with E-state index in [4.69, 9.17) is 14.5 Å². The van der Waals surface area contributed by atoms with Gasteiger partial charge in [-0.15, -0.1) is 0 Å². The summed E-state index contributed by atoms with van der Waals surface area (Å²) in [5.41, 5.74) is 0.445. The van der Waals surface area contributed by atoms with Crippen LogP contribution in [0, 0.1) is 5.92 Å². The lowest BCUT2D eigenvalue weighted by atomic mass is 9.91. The van der Waals surface area contributed by atoms with Crippen molar-refractivity contribution in [1.29, 1.82) is 0 Å². The minimum absolute atomic E-state index is 0.131. The van der Waals surface area contributed by atoms with E-state index < -0.39 is 35.6 Å². The molecule has 2 aliphatic rings. The Morgan fingerprint density at radius 2 is 1.75 bits per heavy atom. The highest BCUT2D eigenvalue weighted by Gasteiger charge is 2.42. The molecule has 36 heavy (non-hydrogen) atoms. The zero-order chi connectivity index (χ0) is 25.9. The molecule has 1 saturated heterocycles. The third-order valence-electron chi connectivity index (χ3n) is 6.21. The Hall–Kier alpha value is -3.76. The zero-order valence-corrected chi connectivity index (χ0v) is 19.9. The van der Waals surface area contributed by atoms with Crippen molar-refractivity contribution in [1.82, 2.24) is 10.2 Å². The first-order valence-corrected chi connectivity index (χ1v) is 11.6. The molecule has 1 fully saturated rings. The van der Waals surface area contributed by atoms with Crippen molar-refractivity contribution < 1.29 is 32.2 Å². The number of nitrogens with one attached hydrogen (secondary N) is 1. The van der Waals surface area contributed by atoms with Gasteiger partial charge in [0, 0.05) is 31.9 Å². The van der Waals surface area contributed by atoms with E-state index in [9.17, 15) is 22.8 Å². The van der Waals surface area contributed by atoms with Crippen LogP contribution < -0.4 is 15.0 Å². The van der Waals surface area contributed by atoms with Crippen molar-refractivity contribution in [2.75, 3.05) is 44.8 Å². The molecule has 11 heteroatoms. The molecule has 0 spiro atoms. The number of hydrogen-bond donors (Lipinski definition) is 1. The fraction of sp³-hybridized carbons (Fsp3) is 0.400. The van der Waals surface area contributed by atoms with Gasteiger partial charge in [0.05, 0.1) is 19.3 Å². The van der Waals surface area contributed by atoms with Crippen LogP contribution in [-0.4, -0.2) is 62.6 Å². The number of anilines is 1. The molecule has 1 amide bonds. The molecule has 0 aromatic heterocycles. The Labute approximate surface area is 206 Å². The first-order valence-electron chi connectivity index (χ1n) is 11.6. The summed E-state index contributed by atoms with van der Waals surface area (Å²) in [6, 6.07) is 11.4. The van der Waals surface area contributed by atoms with Crippen LogP contribution in [-0.2, 0) is 20.5 Å². The first kappa shape index (κ1) is 25.3. The van der Waals surface area contributed by atoms with Crippen LogP contribution in [0.5, 0.6) is 5.75 Å². The second kappa shape index (κ2) is 10.5. The second-order valence-electron chi connectivity index (χ2n) is 8.41. The minimum Gasteiger partial charge on any atom is -0.497 e. The number of hydrogen-bond acceptors (Lipinski definition) is 7. The molecule has 4 rings (SSSR count). The quantitative estimate of drug-likeness (QED) is 0.497. The summed E-state index contributed by atoms with van der Waals surface area (Å²) in [4.78, 5) is 34.1. The summed E-state index contributed by atoms with van der Waals surface area (Å²) in [6.07, 6.45) is -4.41. The van der Waals surface area contributed by atoms with Crippen molar-refractivity contribution >= 4 is 23.5 Å². The molecule has 0 bridgehead atoms. The number of benzene rings is 2. The lowest BCUT2D eigenvalue weighted by Gasteiger charge is -2.39. The van der Waals surface area contributed by atoms with E-state index in [0.29, 0.717) is 49.1 Å². The molecule has 0 aliphatic carbocycles. The highest BCUT2D eigenvalue weighted by atomic mass is 19.4. The number of piperazine rings is 1. The number of amides is 1. The molecule has 0 unspecified atom stereocenters. The molecule has 2 aromatic rings. The van der Waals surface area contributed by atoms with E-state index in [-0.39, 0.29) is 6.61 Å². The van der Waals surface area contributed by atoms with E-state index in [2.05, 4.69) is 5.32 Å². The van der Waals surface area contributed by atoms with Crippen LogP contribution in [0.4, 0.5) is 18.9 Å². The molecule has 2 atom stereocenters. The number of methoxy groups -OCH3 is 1. The number of esters is 1. The highest BCUT2D eigenvalue weighted by Crippen LogP contribution is 2.33. The molecule has 8 nitrogen and oxygen atoms in total. The number of aliphatic imine (C=N–C) groups is 1. The predicted molar refractivity (Wildman–Crippen MR) is 127 cm³/mol. The van der Waals surface area contributed by atoms with Gasteiger partial charge >= 0.3 is 12.1 Å². The van der Waals surface area contributed by atoms with Crippen LogP contribution >= 0.6 is 0 Å². The van der Waals surface area contributed by atoms with Crippen LogP contribution in [0.1, 0.15) is 24.1 Å². The maximum absolute atomic E-state index is 13.1. The van der Waals surface area contributed by atoms with E-state index in [1.807, 2.05) is 9.80 Å². The van der Waals surface area contributed by atoms with Gasteiger partial charge in [-0.3, -0.25) is 14.9 Å². The second-order valence-corrected chi connectivity index (χ2v) is 8.41. The van der Waals surface area contributed by atoms with Crippen molar-refractivity contribution in [2.45, 2.75) is 19.1 Å². The summed E-state index contributed by atoms with van der Waals surface area (Å²) < 4.78 is 49.7. The Morgan fingerprint density at radius 1 is 1.08 bits per heavy atom. The third kappa shape index (κ3) is 5.39. The van der Waals surface area contributed by atoms with Crippen molar-refractivity contribution in [3.8, 4) is 5.75 Å². The average molecular weight is 505 g/mol. The van der Waals surface area contributed by atoms with Crippen molar-refractivity contribution in [3.63, 3.8) is 0 Å². The summed E-state index contributed by atoms with van der Waals surface area (Å²) in [6.45, 7) is 3.52. The number of carbonyl (C=O) groups excluding carboxylic acids is 2. The lowest BCUT2D eigenvalue weighted by Crippen LogP contribution is -2.57. The third-order valence-corrected chi connectivity index (χ3v) is 6.21. The van der Waals surface area contributed by atoms with E-state index in [0.717, 1.165) is 12.1 Å². The van der Waals surface area contributed by atoms with Gasteiger partial charge in [0.2, 0.25) is 11.9 Å². The summed E-state index contributed by atoms with van der Waals surface area (Å²) in [5.74, 6) is -1.37. The SMILES string of the molecule is CCOC(=O)[C@@H]1C(=O)NC(N2CCN(c3cccc(C(F)(F)F)c3)CC2)=N[C@H]1c1ccc(OC)cc1. The Morgan fingerprint density at radius 3 is 2.36 bits per heavy atom. The van der Waals surface area contributed by atoms with Gasteiger partial charge in [0.25, 0.3) is 0 Å². The molecule has 0 radical (unpaired) electrons. The Balaban J connectivity index is 1.54. The molecule has 2 heterocycles. The Bertz CT molecular complexity index is 1130. The standard InChI is InChI=1S/C25H27F3N4O4/c1-3-36-23(34)20-21(16-7-9-19(35-2)10-8-16)29-24(30-22(20)33)32-13-11-31(12-14-32)18-6-4-5-17(15-18)25(26,27)28/h4-10,15,20-21H,3,11-14H2,1-2H3,(H,29,30,33)/t20-,21-/m0/s1. The first-order chi connectivity index (χ1) is 17.2. The number of alkyl halides is 3. The number of guanidine groups is 1. The van der Waals surface area contributed by atoms with Gasteiger partial charge in [-0.2, -0.15) is 13.2 Å². The molecule has 0 saturated carbocycles. The van der Waals surface area contributed by atoms with Gasteiger partial charge in [-0.25, -0.2) is 4.99 Å². The van der Waals surface area contributed by atoms with Gasteiger partial charge in [0.1, 0.15) is 11.8 Å². The normalized spacial score (nSPS) is 20.5. The van der Waals surface area contributed by atoms with Gasteiger partial charge in [-0.05, 0) is 42.8 Å². The summed E-state index contributed by atoms with van der Waals surface area (Å²) in [7, 11) is 1.54. The van der Waals surface area contributed by atoms with Crippen molar-refractivity contribution in [3.05, 3.63) is 59.7 Å². The molecule has 1 N–H and O–H groups in total. The number of rotatable bonds is 5. The van der Waals surface area contributed by atoms with E-state index in [1.54, 1.807) is 44.4 Å². The van der Waals surface area contributed by atoms with Gasteiger partial charge < -0.3 is 19.3 Å². The van der Waals surface area contributed by atoms with Crippen LogP contribution in [0.25, 0.3) is 0 Å². The number of ether oxygens (including phenoxy) is 2. The lowest BCUT2D eigenvalue weighted by molar-refractivity contribution is -0.153. The topological polar surface area (TPSA) is 83.5 Å². The largest absolute Gasteiger partial charge is 0.497 e. The number of halogens is 3. The molecule has 2 aliphatic heterocycles. The zero-order valence-electron chi connectivity index (χ0n) is 19.9. The molecular weight excluding hydrogens is 477 g/mol. The maximum atomic E-state index is 13.1. The smallest absolute Gasteiger partial charge is 0.416 e. The van der Waals surface area contributed by atoms with E-state index in [1.165, 1.54) is 6.07 Å². The highest BCUT2D eigenvalue weighted by molar-refractivity contribution is 6.08. The van der Waals surface area contributed by atoms with Crippen molar-refractivity contribution in [2.24, 2.45) is 10.9 Å². The Kier molecular flexibility index (Phi) is 7.37. The fourth-order valence-corrected chi connectivity index (χ4v) is 4.32. The van der Waals surface area contributed by atoms with Gasteiger partial charge in [-0.1, -0.05) is 18.2 Å². The molecule has 192 valence electrons. The average Bonchev–Trinajstić information content (AvgIpc) is 2.88. The fourth-order valence-electron chi connectivity index (χ4n) is 4.32. The number of nitrogens with zero attached hydrogens (tertiary/aromatic N) is 3. The number of carbonyl (C=O) groups is 2. The maximum Gasteiger partial charge on any atom is 0.416 e. The summed E-state index contributed by atoms with van der Waals surface area (Å²) >= 11 is 0. The van der Waals surface area contributed by atoms with E-state index >= 15 is 0 Å². The monoisotopic (exact) mass is 504 g/mol. The molecule has 2 aromatic carbocycles. The van der Waals surface area contributed by atoms with Crippen LogP contribution in [0.2, 0.25) is 0 Å². The van der Waals surface area contributed by atoms with Crippen LogP contribution in [0.3, 0.4) is 0 Å². The summed E-state index contributed by atoms with van der Waals surface area (Å²) in [5, 5.41) is 2.73.